The average molecular weight is 438 g/mol. The van der Waals surface area contributed by atoms with Gasteiger partial charge in [-0.05, 0) is 43.2 Å². The van der Waals surface area contributed by atoms with Crippen LogP contribution in [0.4, 0.5) is 10.5 Å². The molecule has 0 radical (unpaired) electrons. The van der Waals surface area contributed by atoms with Crippen LogP contribution in [0.1, 0.15) is 23.2 Å². The number of carbonyl (C=O) groups is 2. The third-order valence-electron chi connectivity index (χ3n) is 5.55. The second-order valence-electron chi connectivity index (χ2n) is 7.59. The number of aromatic nitrogens is 2. The largest absolute Gasteiger partial charge is 0.497 e. The van der Waals surface area contributed by atoms with Gasteiger partial charge in [-0.25, -0.2) is 9.78 Å². The van der Waals surface area contributed by atoms with Crippen molar-refractivity contribution in [2.24, 2.45) is 0 Å². The van der Waals surface area contributed by atoms with Gasteiger partial charge in [-0.3, -0.25) is 4.79 Å². The van der Waals surface area contributed by atoms with Crippen LogP contribution < -0.4 is 20.1 Å². The zero-order valence-electron chi connectivity index (χ0n) is 18.3. The van der Waals surface area contributed by atoms with E-state index in [9.17, 15) is 9.59 Å². The zero-order valence-corrected chi connectivity index (χ0v) is 18.3. The Kier molecular flexibility index (Phi) is 6.44. The summed E-state index contributed by atoms with van der Waals surface area (Å²) in [5, 5.41) is 5.61. The molecule has 168 valence electrons. The zero-order chi connectivity index (χ0) is 22.5. The molecule has 0 spiro atoms. The fraction of sp³-hybridized carbons (Fsp3) is 0.348. The van der Waals surface area contributed by atoms with Gasteiger partial charge in [0.05, 0.1) is 37.3 Å². The molecule has 9 heteroatoms. The summed E-state index contributed by atoms with van der Waals surface area (Å²) in [6.45, 7) is 2.58. The molecule has 1 aliphatic heterocycles. The number of hydrogen-bond acceptors (Lipinski definition) is 5. The number of ether oxygens (including phenoxy) is 2. The van der Waals surface area contributed by atoms with Gasteiger partial charge in [0.1, 0.15) is 11.5 Å². The number of carbonyl (C=O) groups excluding carboxylic acids is 2. The molecular weight excluding hydrogens is 410 g/mol. The Morgan fingerprint density at radius 3 is 2.62 bits per heavy atom. The molecule has 1 aromatic heterocycles. The Labute approximate surface area is 186 Å². The summed E-state index contributed by atoms with van der Waals surface area (Å²) in [7, 11) is 3.10. The number of imidazole rings is 1. The van der Waals surface area contributed by atoms with Crippen LogP contribution in [0.2, 0.25) is 0 Å². The van der Waals surface area contributed by atoms with Gasteiger partial charge in [0.15, 0.2) is 0 Å². The Bertz CT molecular complexity index is 1120. The first-order chi connectivity index (χ1) is 15.6. The number of urea groups is 1. The van der Waals surface area contributed by atoms with Gasteiger partial charge in [0.25, 0.3) is 5.91 Å². The second kappa shape index (κ2) is 9.59. The number of anilines is 1. The molecule has 1 saturated heterocycles. The molecule has 3 amide bonds. The van der Waals surface area contributed by atoms with Gasteiger partial charge < -0.3 is 29.6 Å². The average Bonchev–Trinajstić information content (AvgIpc) is 3.48. The molecule has 0 aliphatic carbocycles. The lowest BCUT2D eigenvalue weighted by atomic mass is 10.1. The van der Waals surface area contributed by atoms with E-state index in [4.69, 9.17) is 9.47 Å². The molecule has 0 atom stereocenters. The Morgan fingerprint density at radius 1 is 1.06 bits per heavy atom. The topological polar surface area (TPSA) is 97.7 Å². The monoisotopic (exact) mass is 437 g/mol. The quantitative estimate of drug-likeness (QED) is 0.592. The summed E-state index contributed by atoms with van der Waals surface area (Å²) in [6, 6.07) is 10.4. The number of rotatable bonds is 7. The highest BCUT2D eigenvalue weighted by molar-refractivity contribution is 5.97. The molecule has 1 aliphatic rings. The number of amides is 3. The molecular formula is C23H27N5O4. The van der Waals surface area contributed by atoms with E-state index >= 15 is 0 Å². The highest BCUT2D eigenvalue weighted by atomic mass is 16.5. The van der Waals surface area contributed by atoms with Crippen LogP contribution in [0.25, 0.3) is 11.0 Å². The van der Waals surface area contributed by atoms with Crippen molar-refractivity contribution < 1.29 is 19.1 Å². The summed E-state index contributed by atoms with van der Waals surface area (Å²) >= 11 is 0. The van der Waals surface area contributed by atoms with E-state index in [-0.39, 0.29) is 11.9 Å². The molecule has 4 rings (SSSR count). The van der Waals surface area contributed by atoms with Gasteiger partial charge in [-0.2, -0.15) is 0 Å². The highest BCUT2D eigenvalue weighted by Crippen LogP contribution is 2.28. The van der Waals surface area contributed by atoms with Crippen LogP contribution >= 0.6 is 0 Å². The van der Waals surface area contributed by atoms with Crippen LogP contribution in [0.15, 0.2) is 42.7 Å². The molecule has 3 aromatic rings. The number of fused-ring (bicyclic) bond motifs is 1. The summed E-state index contributed by atoms with van der Waals surface area (Å²) < 4.78 is 12.4. The number of hydrogen-bond donors (Lipinski definition) is 2. The van der Waals surface area contributed by atoms with Crippen molar-refractivity contribution >= 4 is 28.7 Å². The Hall–Kier alpha value is -3.75. The van der Waals surface area contributed by atoms with Crippen LogP contribution in [0, 0.1) is 0 Å². The Balaban J connectivity index is 1.35. The van der Waals surface area contributed by atoms with Gasteiger partial charge in [0, 0.05) is 37.8 Å². The predicted octanol–water partition coefficient (Wildman–Crippen LogP) is 3.11. The van der Waals surface area contributed by atoms with Crippen LogP contribution in [-0.4, -0.2) is 60.2 Å². The first-order valence-corrected chi connectivity index (χ1v) is 10.6. The second-order valence-corrected chi connectivity index (χ2v) is 7.59. The maximum Gasteiger partial charge on any atom is 0.319 e. The van der Waals surface area contributed by atoms with Crippen molar-refractivity contribution in [2.45, 2.75) is 19.4 Å². The molecule has 2 heterocycles. The van der Waals surface area contributed by atoms with Crippen molar-refractivity contribution in [3.05, 3.63) is 48.3 Å². The summed E-state index contributed by atoms with van der Waals surface area (Å²) in [4.78, 5) is 31.2. The van der Waals surface area contributed by atoms with Crippen LogP contribution in [0.3, 0.4) is 0 Å². The fourth-order valence-corrected chi connectivity index (χ4v) is 3.85. The molecule has 2 N–H and O–H groups in total. The van der Waals surface area contributed by atoms with E-state index in [0.717, 1.165) is 37.0 Å². The third kappa shape index (κ3) is 4.61. The van der Waals surface area contributed by atoms with Crippen LogP contribution in [-0.2, 0) is 6.54 Å². The predicted molar refractivity (Wildman–Crippen MR) is 121 cm³/mol. The number of likely N-dealkylation sites (tertiary alicyclic amines) is 1. The van der Waals surface area contributed by atoms with E-state index in [2.05, 4.69) is 15.6 Å². The lowest BCUT2D eigenvalue weighted by molar-refractivity contribution is 0.0793. The van der Waals surface area contributed by atoms with E-state index in [1.54, 1.807) is 38.7 Å². The number of benzene rings is 2. The molecule has 1 fully saturated rings. The lowest BCUT2D eigenvalue weighted by Gasteiger charge is -2.15. The number of nitrogens with zero attached hydrogens (tertiary/aromatic N) is 3. The van der Waals surface area contributed by atoms with Crippen molar-refractivity contribution in [3.8, 4) is 11.5 Å². The van der Waals surface area contributed by atoms with E-state index in [0.29, 0.717) is 35.8 Å². The molecule has 32 heavy (non-hydrogen) atoms. The summed E-state index contributed by atoms with van der Waals surface area (Å²) in [6.07, 6.45) is 3.85. The maximum absolute atomic E-state index is 12.6. The van der Waals surface area contributed by atoms with E-state index < -0.39 is 0 Å². The fourth-order valence-electron chi connectivity index (χ4n) is 3.85. The third-order valence-corrected chi connectivity index (χ3v) is 5.55. The van der Waals surface area contributed by atoms with Gasteiger partial charge >= 0.3 is 6.03 Å². The van der Waals surface area contributed by atoms with E-state index in [1.807, 2.05) is 27.7 Å². The summed E-state index contributed by atoms with van der Waals surface area (Å²) in [5.41, 5.74) is 2.86. The van der Waals surface area contributed by atoms with Gasteiger partial charge in [-0.15, -0.1) is 0 Å². The van der Waals surface area contributed by atoms with E-state index in [1.165, 1.54) is 0 Å². The normalized spacial score (nSPS) is 13.2. The first-order valence-electron chi connectivity index (χ1n) is 10.6. The van der Waals surface area contributed by atoms with Crippen LogP contribution in [0.5, 0.6) is 11.5 Å². The number of nitrogens with one attached hydrogen (secondary N) is 2. The highest BCUT2D eigenvalue weighted by Gasteiger charge is 2.20. The minimum Gasteiger partial charge on any atom is -0.497 e. The van der Waals surface area contributed by atoms with Gasteiger partial charge in [0.2, 0.25) is 0 Å². The molecule has 0 bridgehead atoms. The first kappa shape index (κ1) is 21.5. The molecule has 2 aromatic carbocycles. The maximum atomic E-state index is 12.6. The minimum absolute atomic E-state index is 0.0604. The SMILES string of the molecule is COc1ccc(OC)c(NC(=O)NCCn2cnc3cc(C(=O)N4CCCC4)ccc32)c1. The van der Waals surface area contributed by atoms with Crippen molar-refractivity contribution in [1.29, 1.82) is 0 Å². The van der Waals surface area contributed by atoms with Gasteiger partial charge in [-0.1, -0.05) is 0 Å². The van der Waals surface area contributed by atoms with Crippen molar-refractivity contribution in [1.82, 2.24) is 19.8 Å². The number of methoxy groups -OCH3 is 2. The van der Waals surface area contributed by atoms with Crippen molar-refractivity contribution in [2.75, 3.05) is 39.2 Å². The standard InChI is InChI=1S/C23H27N5O4/c1-31-17-6-8-21(32-2)19(14-17)26-23(30)24-9-12-28-15-25-18-13-16(5-7-20(18)28)22(29)27-10-3-4-11-27/h5-8,13-15H,3-4,9-12H2,1-2H3,(H2,24,26,30). The molecule has 0 saturated carbocycles. The Morgan fingerprint density at radius 2 is 1.88 bits per heavy atom. The lowest BCUT2D eigenvalue weighted by Crippen LogP contribution is -2.31. The molecule has 0 unspecified atom stereocenters. The van der Waals surface area contributed by atoms with Crippen molar-refractivity contribution in [3.63, 3.8) is 0 Å². The summed E-state index contributed by atoms with van der Waals surface area (Å²) in [5.74, 6) is 1.22. The smallest absolute Gasteiger partial charge is 0.319 e. The minimum atomic E-state index is -0.348. The molecule has 9 nitrogen and oxygen atoms in total.